The third-order valence-electron chi connectivity index (χ3n) is 3.54. The van der Waals surface area contributed by atoms with Crippen molar-refractivity contribution in [1.82, 2.24) is 9.88 Å². The highest BCUT2D eigenvalue weighted by Gasteiger charge is 2.16. The van der Waals surface area contributed by atoms with Gasteiger partial charge < -0.3 is 4.90 Å². The molecule has 0 radical (unpaired) electrons. The third-order valence-corrected chi connectivity index (χ3v) is 4.76. The maximum absolute atomic E-state index is 12.3. The van der Waals surface area contributed by atoms with E-state index in [1.54, 1.807) is 12.3 Å². The first-order chi connectivity index (χ1) is 10.7. The zero-order valence-electron chi connectivity index (χ0n) is 14.7. The number of rotatable bonds is 4. The van der Waals surface area contributed by atoms with Crippen molar-refractivity contribution in [3.8, 4) is 10.6 Å². The molecule has 2 aromatic rings. The summed E-state index contributed by atoms with van der Waals surface area (Å²) in [7, 11) is 3.79. The van der Waals surface area contributed by atoms with Crippen LogP contribution in [0.4, 0.5) is 0 Å². The summed E-state index contributed by atoms with van der Waals surface area (Å²) in [6.07, 6.45) is 3.35. The Morgan fingerprint density at radius 3 is 2.30 bits per heavy atom. The van der Waals surface area contributed by atoms with Crippen LogP contribution in [0.15, 0.2) is 36.5 Å². The van der Waals surface area contributed by atoms with Gasteiger partial charge in [0, 0.05) is 31.9 Å². The van der Waals surface area contributed by atoms with Crippen molar-refractivity contribution in [2.24, 2.45) is 0 Å². The molecule has 0 aliphatic rings. The van der Waals surface area contributed by atoms with Crippen molar-refractivity contribution in [3.63, 3.8) is 0 Å². The SMILES string of the molecule is Cc1nc(-c2ccc(C(C)(C)C)cc2)sc1C(=O)/C=C/N(C)C. The number of carbonyl (C=O) groups excluding carboxylic acids is 1. The number of allylic oxidation sites excluding steroid dienone is 1. The van der Waals surface area contributed by atoms with Crippen LogP contribution in [0.1, 0.15) is 41.7 Å². The van der Waals surface area contributed by atoms with E-state index in [-0.39, 0.29) is 11.2 Å². The van der Waals surface area contributed by atoms with Crippen LogP contribution in [-0.2, 0) is 5.41 Å². The highest BCUT2D eigenvalue weighted by Crippen LogP contribution is 2.30. The Labute approximate surface area is 142 Å². The maximum Gasteiger partial charge on any atom is 0.199 e. The highest BCUT2D eigenvalue weighted by molar-refractivity contribution is 7.17. The summed E-state index contributed by atoms with van der Waals surface area (Å²) in [5.41, 5.74) is 3.27. The summed E-state index contributed by atoms with van der Waals surface area (Å²) >= 11 is 1.46. The number of ketones is 1. The molecule has 0 spiro atoms. The molecule has 23 heavy (non-hydrogen) atoms. The molecule has 0 aliphatic carbocycles. The number of carbonyl (C=O) groups is 1. The van der Waals surface area contributed by atoms with Crippen LogP contribution in [0.5, 0.6) is 0 Å². The van der Waals surface area contributed by atoms with Gasteiger partial charge in [-0.15, -0.1) is 11.3 Å². The van der Waals surface area contributed by atoms with E-state index in [4.69, 9.17) is 0 Å². The van der Waals surface area contributed by atoms with Crippen molar-refractivity contribution in [3.05, 3.63) is 52.7 Å². The summed E-state index contributed by atoms with van der Waals surface area (Å²) in [4.78, 5) is 19.4. The number of hydrogen-bond donors (Lipinski definition) is 0. The minimum atomic E-state index is 0.00580. The fourth-order valence-corrected chi connectivity index (χ4v) is 3.15. The zero-order valence-corrected chi connectivity index (χ0v) is 15.5. The van der Waals surface area contributed by atoms with Gasteiger partial charge in [0.2, 0.25) is 0 Å². The monoisotopic (exact) mass is 328 g/mol. The van der Waals surface area contributed by atoms with Crippen LogP contribution >= 0.6 is 11.3 Å². The minimum absolute atomic E-state index is 0.00580. The quantitative estimate of drug-likeness (QED) is 0.604. The number of aryl methyl sites for hydroxylation is 1. The second-order valence-electron chi connectivity index (χ2n) is 6.90. The Morgan fingerprint density at radius 2 is 1.78 bits per heavy atom. The Bertz CT molecular complexity index is 719. The fourth-order valence-electron chi connectivity index (χ4n) is 2.15. The number of aromatic nitrogens is 1. The van der Waals surface area contributed by atoms with E-state index in [1.807, 2.05) is 25.9 Å². The molecule has 0 saturated heterocycles. The van der Waals surface area contributed by atoms with Crippen LogP contribution in [0.2, 0.25) is 0 Å². The summed E-state index contributed by atoms with van der Waals surface area (Å²) in [5, 5.41) is 0.893. The number of nitrogens with zero attached hydrogens (tertiary/aromatic N) is 2. The lowest BCUT2D eigenvalue weighted by molar-refractivity contribution is 0.104. The fraction of sp³-hybridized carbons (Fsp3) is 0.368. The predicted octanol–water partition coefficient (Wildman–Crippen LogP) is 4.67. The lowest BCUT2D eigenvalue weighted by atomic mass is 9.87. The second-order valence-corrected chi connectivity index (χ2v) is 7.90. The molecule has 0 aliphatic heterocycles. The third kappa shape index (κ3) is 4.29. The molecule has 3 nitrogen and oxygen atoms in total. The Morgan fingerprint density at radius 1 is 1.17 bits per heavy atom. The maximum atomic E-state index is 12.3. The van der Waals surface area contributed by atoms with E-state index in [0.29, 0.717) is 4.88 Å². The van der Waals surface area contributed by atoms with Gasteiger partial charge in [0.05, 0.1) is 10.6 Å². The largest absolute Gasteiger partial charge is 0.383 e. The van der Waals surface area contributed by atoms with Gasteiger partial charge in [-0.1, -0.05) is 45.0 Å². The molecule has 0 unspecified atom stereocenters. The van der Waals surface area contributed by atoms with Crippen LogP contribution in [0.3, 0.4) is 0 Å². The minimum Gasteiger partial charge on any atom is -0.383 e. The molecule has 0 N–H and O–H groups in total. The Hall–Kier alpha value is -1.94. The average molecular weight is 328 g/mol. The van der Waals surface area contributed by atoms with Crippen LogP contribution in [0.25, 0.3) is 10.6 Å². The summed E-state index contributed by atoms with van der Waals surface area (Å²) in [6, 6.07) is 8.45. The topological polar surface area (TPSA) is 33.2 Å². The van der Waals surface area contributed by atoms with E-state index < -0.39 is 0 Å². The first-order valence-electron chi connectivity index (χ1n) is 7.66. The molecule has 0 fully saturated rings. The van der Waals surface area contributed by atoms with Crippen molar-refractivity contribution < 1.29 is 4.79 Å². The van der Waals surface area contributed by atoms with Gasteiger partial charge in [0.25, 0.3) is 0 Å². The Balaban J connectivity index is 2.29. The molecule has 0 saturated carbocycles. The first-order valence-corrected chi connectivity index (χ1v) is 8.47. The number of thiazole rings is 1. The Kier molecular flexibility index (Phi) is 5.05. The van der Waals surface area contributed by atoms with Gasteiger partial charge in [-0.2, -0.15) is 0 Å². The van der Waals surface area contributed by atoms with E-state index in [2.05, 4.69) is 50.0 Å². The molecular formula is C19H24N2OS. The van der Waals surface area contributed by atoms with Gasteiger partial charge in [-0.05, 0) is 17.9 Å². The zero-order chi connectivity index (χ0) is 17.2. The number of benzene rings is 1. The van der Waals surface area contributed by atoms with Crippen molar-refractivity contribution in [1.29, 1.82) is 0 Å². The molecule has 1 aromatic carbocycles. The summed E-state index contributed by atoms with van der Waals surface area (Å²) in [6.45, 7) is 8.48. The normalized spacial score (nSPS) is 11.9. The summed E-state index contributed by atoms with van der Waals surface area (Å²) < 4.78 is 0. The predicted molar refractivity (Wildman–Crippen MR) is 98.1 cm³/mol. The number of hydrogen-bond acceptors (Lipinski definition) is 4. The molecule has 122 valence electrons. The molecule has 2 rings (SSSR count). The van der Waals surface area contributed by atoms with E-state index >= 15 is 0 Å². The summed E-state index contributed by atoms with van der Waals surface area (Å²) in [5.74, 6) is 0.00580. The second kappa shape index (κ2) is 6.67. The van der Waals surface area contributed by atoms with Crippen molar-refractivity contribution >= 4 is 17.1 Å². The molecule has 4 heteroatoms. The molecule has 1 aromatic heterocycles. The first kappa shape index (κ1) is 17.4. The van der Waals surface area contributed by atoms with Gasteiger partial charge in [-0.3, -0.25) is 4.79 Å². The lowest BCUT2D eigenvalue weighted by Crippen LogP contribution is -2.10. The van der Waals surface area contributed by atoms with Crippen LogP contribution in [-0.4, -0.2) is 29.8 Å². The van der Waals surface area contributed by atoms with Crippen LogP contribution in [0, 0.1) is 6.92 Å². The molecule has 0 bridgehead atoms. The van der Waals surface area contributed by atoms with Crippen molar-refractivity contribution in [2.75, 3.05) is 14.1 Å². The van der Waals surface area contributed by atoms with Gasteiger partial charge in [-0.25, -0.2) is 4.98 Å². The van der Waals surface area contributed by atoms with E-state index in [0.717, 1.165) is 16.3 Å². The smallest absolute Gasteiger partial charge is 0.199 e. The van der Waals surface area contributed by atoms with Gasteiger partial charge in [0.1, 0.15) is 5.01 Å². The van der Waals surface area contributed by atoms with E-state index in [1.165, 1.54) is 16.9 Å². The van der Waals surface area contributed by atoms with E-state index in [9.17, 15) is 4.79 Å². The van der Waals surface area contributed by atoms with Crippen molar-refractivity contribution in [2.45, 2.75) is 33.1 Å². The lowest BCUT2D eigenvalue weighted by Gasteiger charge is -2.18. The van der Waals surface area contributed by atoms with Crippen LogP contribution < -0.4 is 0 Å². The molecule has 0 atom stereocenters. The van der Waals surface area contributed by atoms with Gasteiger partial charge >= 0.3 is 0 Å². The average Bonchev–Trinajstić information content (AvgIpc) is 2.86. The molecular weight excluding hydrogens is 304 g/mol. The molecule has 0 amide bonds. The standard InChI is InChI=1S/C19H24N2OS/c1-13-17(16(22)11-12-21(5)6)23-18(20-13)14-7-9-15(10-8-14)19(2,3)4/h7-12H,1-6H3/b12-11+. The highest BCUT2D eigenvalue weighted by atomic mass is 32.1. The molecule has 1 heterocycles. The van der Waals surface area contributed by atoms with Gasteiger partial charge in [0.15, 0.2) is 5.78 Å².